The minimum absolute atomic E-state index is 0.403. The Labute approximate surface area is 105 Å². The highest BCUT2D eigenvalue weighted by atomic mass is 35.5. The number of carbonyl (C=O) groups excluding carboxylic acids is 1. The van der Waals surface area contributed by atoms with Gasteiger partial charge in [-0.25, -0.2) is 0 Å². The zero-order valence-corrected chi connectivity index (χ0v) is 10.2. The van der Waals surface area contributed by atoms with Crippen LogP contribution in [-0.2, 0) is 0 Å². The number of hydrogen-bond acceptors (Lipinski definition) is 1. The van der Waals surface area contributed by atoms with Crippen molar-refractivity contribution in [3.8, 4) is 11.1 Å². The molecule has 0 bridgehead atoms. The van der Waals surface area contributed by atoms with Gasteiger partial charge >= 0.3 is 0 Å². The normalized spacial score (nSPS) is 10.2. The second kappa shape index (κ2) is 4.60. The van der Waals surface area contributed by atoms with Crippen molar-refractivity contribution >= 4 is 17.5 Å². The number of hydrogen-bond donors (Lipinski definition) is 1. The summed E-state index contributed by atoms with van der Waals surface area (Å²) in [5, 5.41) is 0.694. The number of amides is 1. The van der Waals surface area contributed by atoms with E-state index in [2.05, 4.69) is 0 Å². The fraction of sp³-hybridized carbons (Fsp3) is 0.0714. The molecule has 0 unspecified atom stereocenters. The molecule has 0 aliphatic rings. The van der Waals surface area contributed by atoms with Crippen LogP contribution in [0.2, 0.25) is 5.02 Å². The summed E-state index contributed by atoms with van der Waals surface area (Å²) in [7, 11) is 0. The Morgan fingerprint density at radius 3 is 2.41 bits per heavy atom. The first kappa shape index (κ1) is 11.7. The molecule has 2 aromatic carbocycles. The van der Waals surface area contributed by atoms with Crippen molar-refractivity contribution < 1.29 is 4.79 Å². The molecule has 3 heteroatoms. The quantitative estimate of drug-likeness (QED) is 0.866. The van der Waals surface area contributed by atoms with E-state index in [-0.39, 0.29) is 0 Å². The average molecular weight is 246 g/mol. The molecule has 2 nitrogen and oxygen atoms in total. The summed E-state index contributed by atoms with van der Waals surface area (Å²) < 4.78 is 0. The second-order valence-electron chi connectivity index (χ2n) is 3.90. The van der Waals surface area contributed by atoms with Gasteiger partial charge in [0.1, 0.15) is 0 Å². The molecule has 0 atom stereocenters. The third-order valence-electron chi connectivity index (χ3n) is 2.65. The van der Waals surface area contributed by atoms with E-state index >= 15 is 0 Å². The van der Waals surface area contributed by atoms with Gasteiger partial charge < -0.3 is 5.73 Å². The molecule has 0 aromatic heterocycles. The summed E-state index contributed by atoms with van der Waals surface area (Å²) in [6.07, 6.45) is 0. The van der Waals surface area contributed by atoms with Crippen molar-refractivity contribution in [2.45, 2.75) is 6.92 Å². The zero-order valence-electron chi connectivity index (χ0n) is 9.41. The number of halogens is 1. The smallest absolute Gasteiger partial charge is 0.248 e. The Bertz CT molecular complexity index is 578. The van der Waals surface area contributed by atoms with Crippen LogP contribution < -0.4 is 5.73 Å². The number of benzene rings is 2. The molecule has 2 rings (SSSR count). The average Bonchev–Trinajstić information content (AvgIpc) is 2.28. The van der Waals surface area contributed by atoms with Crippen molar-refractivity contribution in [2.24, 2.45) is 5.73 Å². The van der Waals surface area contributed by atoms with Crippen molar-refractivity contribution in [1.82, 2.24) is 0 Å². The van der Waals surface area contributed by atoms with E-state index in [4.69, 9.17) is 17.3 Å². The van der Waals surface area contributed by atoms with Crippen LogP contribution in [0.1, 0.15) is 15.9 Å². The summed E-state index contributed by atoms with van der Waals surface area (Å²) in [5.74, 6) is -0.403. The third kappa shape index (κ3) is 2.48. The van der Waals surface area contributed by atoms with E-state index < -0.39 is 5.91 Å². The van der Waals surface area contributed by atoms with E-state index in [1.165, 1.54) is 0 Å². The Morgan fingerprint density at radius 2 is 1.82 bits per heavy atom. The predicted molar refractivity (Wildman–Crippen MR) is 70.1 cm³/mol. The van der Waals surface area contributed by atoms with E-state index in [0.29, 0.717) is 10.6 Å². The van der Waals surface area contributed by atoms with Gasteiger partial charge in [-0.15, -0.1) is 0 Å². The molecule has 2 N–H and O–H groups in total. The molecule has 0 radical (unpaired) electrons. The van der Waals surface area contributed by atoms with Crippen LogP contribution >= 0.6 is 11.6 Å². The minimum Gasteiger partial charge on any atom is -0.366 e. The predicted octanol–water partition coefficient (Wildman–Crippen LogP) is 3.41. The highest BCUT2D eigenvalue weighted by molar-refractivity contribution is 6.30. The summed E-state index contributed by atoms with van der Waals surface area (Å²) in [6, 6.07) is 13.1. The van der Waals surface area contributed by atoms with E-state index in [9.17, 15) is 4.79 Å². The van der Waals surface area contributed by atoms with E-state index in [1.54, 1.807) is 6.07 Å². The van der Waals surface area contributed by atoms with E-state index in [0.717, 1.165) is 16.7 Å². The SMILES string of the molecule is Cc1cc(-c2cccc(Cl)c2)ccc1C(N)=O. The van der Waals surface area contributed by atoms with Crippen LogP contribution in [0.4, 0.5) is 0 Å². The Hall–Kier alpha value is -1.80. The highest BCUT2D eigenvalue weighted by Gasteiger charge is 2.06. The van der Waals surface area contributed by atoms with Gasteiger partial charge in [-0.2, -0.15) is 0 Å². The fourth-order valence-electron chi connectivity index (χ4n) is 1.79. The minimum atomic E-state index is -0.403. The molecule has 17 heavy (non-hydrogen) atoms. The van der Waals surface area contributed by atoms with Crippen molar-refractivity contribution in [3.05, 3.63) is 58.6 Å². The summed E-state index contributed by atoms with van der Waals surface area (Å²) in [5.41, 5.74) is 8.74. The second-order valence-corrected chi connectivity index (χ2v) is 4.34. The Balaban J connectivity index is 2.48. The molecular formula is C14H12ClNO. The van der Waals surface area contributed by atoms with Gasteiger partial charge in [-0.3, -0.25) is 4.79 Å². The molecule has 0 aliphatic heterocycles. The number of rotatable bonds is 2. The first-order valence-corrected chi connectivity index (χ1v) is 5.62. The molecule has 1 amide bonds. The van der Waals surface area contributed by atoms with Crippen molar-refractivity contribution in [3.63, 3.8) is 0 Å². The highest BCUT2D eigenvalue weighted by Crippen LogP contribution is 2.24. The largest absolute Gasteiger partial charge is 0.366 e. The number of nitrogens with two attached hydrogens (primary N) is 1. The standard InChI is InChI=1S/C14H12ClNO/c1-9-7-11(5-6-13(9)14(16)17)10-3-2-4-12(15)8-10/h2-8H,1H3,(H2,16,17). The molecule has 0 spiro atoms. The zero-order chi connectivity index (χ0) is 12.4. The fourth-order valence-corrected chi connectivity index (χ4v) is 1.98. The topological polar surface area (TPSA) is 43.1 Å². The molecule has 86 valence electrons. The maximum absolute atomic E-state index is 11.1. The maximum atomic E-state index is 11.1. The first-order valence-electron chi connectivity index (χ1n) is 5.24. The van der Waals surface area contributed by atoms with Gasteiger partial charge in [0.2, 0.25) is 5.91 Å². The Morgan fingerprint density at radius 1 is 1.12 bits per heavy atom. The summed E-state index contributed by atoms with van der Waals surface area (Å²) in [4.78, 5) is 11.1. The van der Waals surface area contributed by atoms with E-state index in [1.807, 2.05) is 43.3 Å². The molecule has 0 aliphatic carbocycles. The van der Waals surface area contributed by atoms with Gasteiger partial charge in [0.05, 0.1) is 0 Å². The first-order chi connectivity index (χ1) is 8.08. The number of aryl methyl sites for hydroxylation is 1. The molecule has 0 saturated carbocycles. The van der Waals surface area contributed by atoms with Crippen LogP contribution in [-0.4, -0.2) is 5.91 Å². The lowest BCUT2D eigenvalue weighted by atomic mass is 10.00. The van der Waals surface area contributed by atoms with Crippen LogP contribution in [0.3, 0.4) is 0 Å². The lowest BCUT2D eigenvalue weighted by Crippen LogP contribution is -2.12. The van der Waals surface area contributed by atoms with Crippen LogP contribution in [0.5, 0.6) is 0 Å². The monoisotopic (exact) mass is 245 g/mol. The molecule has 0 heterocycles. The number of carbonyl (C=O) groups is 1. The summed E-state index contributed by atoms with van der Waals surface area (Å²) >= 11 is 5.94. The summed E-state index contributed by atoms with van der Waals surface area (Å²) in [6.45, 7) is 1.87. The van der Waals surface area contributed by atoms with Gasteiger partial charge in [-0.05, 0) is 41.8 Å². The van der Waals surface area contributed by atoms with Crippen LogP contribution in [0.25, 0.3) is 11.1 Å². The molecule has 0 saturated heterocycles. The van der Waals surface area contributed by atoms with Gasteiger partial charge in [-0.1, -0.05) is 35.9 Å². The van der Waals surface area contributed by atoms with Gasteiger partial charge in [0, 0.05) is 10.6 Å². The van der Waals surface area contributed by atoms with Crippen molar-refractivity contribution in [2.75, 3.05) is 0 Å². The molecule has 2 aromatic rings. The lowest BCUT2D eigenvalue weighted by molar-refractivity contribution is 0.1000. The molecule has 0 fully saturated rings. The van der Waals surface area contributed by atoms with Crippen molar-refractivity contribution in [1.29, 1.82) is 0 Å². The molecular weight excluding hydrogens is 234 g/mol. The van der Waals surface area contributed by atoms with Crippen LogP contribution in [0.15, 0.2) is 42.5 Å². The maximum Gasteiger partial charge on any atom is 0.248 e. The lowest BCUT2D eigenvalue weighted by Gasteiger charge is -2.06. The van der Waals surface area contributed by atoms with Crippen LogP contribution in [0, 0.1) is 6.92 Å². The van der Waals surface area contributed by atoms with Gasteiger partial charge in [0.25, 0.3) is 0 Å². The third-order valence-corrected chi connectivity index (χ3v) is 2.88. The Kier molecular flexibility index (Phi) is 3.16. The number of primary amides is 1. The van der Waals surface area contributed by atoms with Gasteiger partial charge in [0.15, 0.2) is 0 Å².